The van der Waals surface area contributed by atoms with E-state index in [1.54, 1.807) is 19.1 Å². The van der Waals surface area contributed by atoms with Crippen LogP contribution in [-0.4, -0.2) is 25.8 Å². The van der Waals surface area contributed by atoms with Gasteiger partial charge in [0.25, 0.3) is 5.91 Å². The summed E-state index contributed by atoms with van der Waals surface area (Å²) < 4.78 is 13.3. The molecule has 5 N–H and O–H groups in total. The number of aromatic amines is 1. The zero-order valence-corrected chi connectivity index (χ0v) is 21.2. The minimum Gasteiger partial charge on any atom is -0.383 e. The molecule has 3 aromatic heterocycles. The van der Waals surface area contributed by atoms with Gasteiger partial charge in [-0.15, -0.1) is 0 Å². The maximum atomic E-state index is 13.3. The van der Waals surface area contributed by atoms with Gasteiger partial charge in [0.05, 0.1) is 22.6 Å². The Morgan fingerprint density at radius 3 is 2.44 bits per heavy atom. The largest absolute Gasteiger partial charge is 0.383 e. The van der Waals surface area contributed by atoms with Crippen molar-refractivity contribution >= 4 is 28.6 Å². The molecule has 10 heteroatoms. The number of rotatable bonds is 7. The Morgan fingerprint density at radius 2 is 1.72 bits per heavy atom. The lowest BCUT2D eigenvalue weighted by molar-refractivity contribution is 0.0940. The number of nitrogen functional groups attached to an aromatic ring is 1. The van der Waals surface area contributed by atoms with Crippen molar-refractivity contribution in [2.45, 2.75) is 25.9 Å². The molecule has 0 radical (unpaired) electrons. The number of nitrogens with one attached hydrogen (secondary N) is 3. The van der Waals surface area contributed by atoms with Gasteiger partial charge in [-0.3, -0.25) is 4.79 Å². The van der Waals surface area contributed by atoms with Crippen molar-refractivity contribution in [3.8, 4) is 17.2 Å². The molecular formula is C29H25FN8O. The number of aromatic nitrogens is 4. The number of nitrogens with zero attached hydrogens (tertiary/aromatic N) is 4. The first-order chi connectivity index (χ1) is 18.8. The van der Waals surface area contributed by atoms with Gasteiger partial charge in [0.2, 0.25) is 0 Å². The normalized spacial score (nSPS) is 12.5. The van der Waals surface area contributed by atoms with Crippen molar-refractivity contribution in [3.05, 3.63) is 101 Å². The molecule has 2 aromatic carbocycles. The highest BCUT2D eigenvalue weighted by atomic mass is 19.1. The van der Waals surface area contributed by atoms with Crippen molar-refractivity contribution in [2.75, 3.05) is 11.1 Å². The third-order valence-electron chi connectivity index (χ3n) is 6.55. The van der Waals surface area contributed by atoms with Gasteiger partial charge in [0.1, 0.15) is 35.5 Å². The number of halogens is 1. The molecule has 0 aliphatic carbocycles. The standard InChI is InChI=1S/C29H25FN8O/c1-16(19-3-5-21(6-4-19)24-14-34-28-25(24)26(32)35-15-36-28)37-27-23(11-18(12-31)13-33-27)29(39)38-17(2)20-7-9-22(30)10-8-20/h3-11,13-17H,1-2H3,(H,33,37)(H,38,39)(H3,32,34,35,36). The van der Waals surface area contributed by atoms with E-state index < -0.39 is 5.91 Å². The van der Waals surface area contributed by atoms with Crippen molar-refractivity contribution < 1.29 is 9.18 Å². The van der Waals surface area contributed by atoms with E-state index in [9.17, 15) is 14.4 Å². The van der Waals surface area contributed by atoms with E-state index in [-0.39, 0.29) is 29.0 Å². The fourth-order valence-electron chi connectivity index (χ4n) is 4.38. The first-order valence-corrected chi connectivity index (χ1v) is 12.2. The molecule has 0 saturated heterocycles. The van der Waals surface area contributed by atoms with Gasteiger partial charge in [0, 0.05) is 24.0 Å². The fraction of sp³-hybridized carbons (Fsp3) is 0.138. The van der Waals surface area contributed by atoms with Crippen LogP contribution in [-0.2, 0) is 0 Å². The summed E-state index contributed by atoms with van der Waals surface area (Å²) in [4.78, 5) is 29.0. The second-order valence-corrected chi connectivity index (χ2v) is 9.15. The average molecular weight is 521 g/mol. The SMILES string of the molecule is CC(NC(=O)c1cc(C#N)cnc1NC(C)c1ccc(-c2c[nH]c3ncnc(N)c23)cc1)c1ccc(F)cc1. The predicted octanol–water partition coefficient (Wildman–Crippen LogP) is 5.28. The summed E-state index contributed by atoms with van der Waals surface area (Å²) in [6, 6.07) is 16.8. The number of nitrogens with two attached hydrogens (primary N) is 1. The van der Waals surface area contributed by atoms with Crippen molar-refractivity contribution in [1.82, 2.24) is 25.3 Å². The van der Waals surface area contributed by atoms with Crippen LogP contribution < -0.4 is 16.4 Å². The number of fused-ring (bicyclic) bond motifs is 1. The van der Waals surface area contributed by atoms with Gasteiger partial charge in [-0.25, -0.2) is 19.3 Å². The van der Waals surface area contributed by atoms with Crippen LogP contribution in [0.2, 0.25) is 0 Å². The number of amides is 1. The van der Waals surface area contributed by atoms with Crippen LogP contribution in [0.1, 0.15) is 53.0 Å². The zero-order valence-electron chi connectivity index (χ0n) is 21.2. The molecule has 9 nitrogen and oxygen atoms in total. The third kappa shape index (κ3) is 5.24. The summed E-state index contributed by atoms with van der Waals surface area (Å²) in [6.45, 7) is 3.76. The molecule has 5 aromatic rings. The number of carbonyl (C=O) groups is 1. The minimum absolute atomic E-state index is 0.211. The van der Waals surface area contributed by atoms with Crippen molar-refractivity contribution in [2.24, 2.45) is 0 Å². The maximum absolute atomic E-state index is 13.3. The number of anilines is 2. The fourth-order valence-corrected chi connectivity index (χ4v) is 4.38. The van der Waals surface area contributed by atoms with Crippen LogP contribution in [0.15, 0.2) is 73.3 Å². The second kappa shape index (κ2) is 10.6. The smallest absolute Gasteiger partial charge is 0.255 e. The Morgan fingerprint density at radius 1 is 1.03 bits per heavy atom. The van der Waals surface area contributed by atoms with Gasteiger partial charge < -0.3 is 21.4 Å². The van der Waals surface area contributed by atoms with Crippen molar-refractivity contribution in [3.63, 3.8) is 0 Å². The molecule has 0 aliphatic heterocycles. The second-order valence-electron chi connectivity index (χ2n) is 9.15. The Labute approximate surface area is 224 Å². The van der Waals surface area contributed by atoms with Crippen LogP contribution in [0, 0.1) is 17.1 Å². The molecule has 39 heavy (non-hydrogen) atoms. The Bertz CT molecular complexity index is 1690. The molecule has 2 unspecified atom stereocenters. The maximum Gasteiger partial charge on any atom is 0.255 e. The number of pyridine rings is 1. The van der Waals surface area contributed by atoms with Gasteiger partial charge in [-0.05, 0) is 48.7 Å². The number of hydrogen-bond acceptors (Lipinski definition) is 7. The van der Waals surface area contributed by atoms with Gasteiger partial charge in [-0.2, -0.15) is 5.26 Å². The molecule has 0 aliphatic rings. The summed E-state index contributed by atoms with van der Waals surface area (Å²) in [5.41, 5.74) is 10.8. The predicted molar refractivity (Wildman–Crippen MR) is 147 cm³/mol. The molecule has 0 bridgehead atoms. The third-order valence-corrected chi connectivity index (χ3v) is 6.55. The highest BCUT2D eigenvalue weighted by Crippen LogP contribution is 2.32. The lowest BCUT2D eigenvalue weighted by Crippen LogP contribution is -2.28. The summed E-state index contributed by atoms with van der Waals surface area (Å²) in [6.07, 6.45) is 4.69. The van der Waals surface area contributed by atoms with E-state index in [4.69, 9.17) is 5.73 Å². The highest BCUT2D eigenvalue weighted by Gasteiger charge is 2.19. The number of benzene rings is 2. The molecular weight excluding hydrogens is 495 g/mol. The van der Waals surface area contributed by atoms with Crippen molar-refractivity contribution in [1.29, 1.82) is 5.26 Å². The van der Waals surface area contributed by atoms with E-state index >= 15 is 0 Å². The molecule has 0 spiro atoms. The van der Waals surface area contributed by atoms with Crippen LogP contribution in [0.5, 0.6) is 0 Å². The number of hydrogen-bond donors (Lipinski definition) is 4. The van der Waals surface area contributed by atoms with E-state index in [1.165, 1.54) is 30.7 Å². The summed E-state index contributed by atoms with van der Waals surface area (Å²) in [5, 5.41) is 16.3. The Kier molecular flexibility index (Phi) is 6.89. The topological polar surface area (TPSA) is 145 Å². The summed E-state index contributed by atoms with van der Waals surface area (Å²) >= 11 is 0. The van der Waals surface area contributed by atoms with Crippen LogP contribution in [0.25, 0.3) is 22.2 Å². The first kappa shape index (κ1) is 25.4. The average Bonchev–Trinajstić information content (AvgIpc) is 3.39. The molecule has 2 atom stereocenters. The molecule has 3 heterocycles. The monoisotopic (exact) mass is 520 g/mol. The quantitative estimate of drug-likeness (QED) is 0.228. The van der Waals surface area contributed by atoms with E-state index in [0.29, 0.717) is 17.3 Å². The number of nitriles is 1. The molecule has 5 rings (SSSR count). The van der Waals surface area contributed by atoms with Crippen LogP contribution in [0.4, 0.5) is 16.0 Å². The van der Waals surface area contributed by atoms with Gasteiger partial charge in [-0.1, -0.05) is 36.4 Å². The van der Waals surface area contributed by atoms with E-state index in [2.05, 4.69) is 30.6 Å². The van der Waals surface area contributed by atoms with Crippen LogP contribution >= 0.6 is 0 Å². The number of carbonyl (C=O) groups excluding carboxylic acids is 1. The molecule has 194 valence electrons. The summed E-state index contributed by atoms with van der Waals surface area (Å²) in [7, 11) is 0. The highest BCUT2D eigenvalue weighted by molar-refractivity contribution is 6.00. The van der Waals surface area contributed by atoms with E-state index in [0.717, 1.165) is 27.6 Å². The molecule has 1 amide bonds. The van der Waals surface area contributed by atoms with Gasteiger partial charge in [0.15, 0.2) is 0 Å². The van der Waals surface area contributed by atoms with E-state index in [1.807, 2.05) is 43.5 Å². The Hall–Kier alpha value is -5.30. The lowest BCUT2D eigenvalue weighted by atomic mass is 10.0. The molecule has 0 saturated carbocycles. The zero-order chi connectivity index (χ0) is 27.5. The molecule has 0 fully saturated rings. The number of H-pyrrole nitrogens is 1. The summed E-state index contributed by atoms with van der Waals surface area (Å²) in [5.74, 6) is -0.00495. The minimum atomic E-state index is -0.402. The first-order valence-electron chi connectivity index (χ1n) is 12.2. The lowest BCUT2D eigenvalue weighted by Gasteiger charge is -2.19. The Balaban J connectivity index is 1.36. The van der Waals surface area contributed by atoms with Crippen LogP contribution in [0.3, 0.4) is 0 Å². The van der Waals surface area contributed by atoms with Gasteiger partial charge >= 0.3 is 0 Å².